The number of carbonyl (C=O) groups excluding carboxylic acids is 2. The summed E-state index contributed by atoms with van der Waals surface area (Å²) in [6, 6.07) is 15.1. The van der Waals surface area contributed by atoms with Crippen molar-refractivity contribution in [3.05, 3.63) is 54.1 Å². The molecule has 0 unspecified atom stereocenters. The Balaban J connectivity index is 1.88. The summed E-state index contributed by atoms with van der Waals surface area (Å²) in [4.78, 5) is 27.1. The quantitative estimate of drug-likeness (QED) is 0.892. The van der Waals surface area contributed by atoms with Crippen LogP contribution < -0.4 is 10.2 Å². The Bertz CT molecular complexity index is 758. The molecular weight excluding hydrogens is 320 g/mol. The predicted octanol–water partition coefficient (Wildman–Crippen LogP) is 4.18. The van der Waals surface area contributed by atoms with Gasteiger partial charge in [-0.15, -0.1) is 11.8 Å². The highest BCUT2D eigenvalue weighted by molar-refractivity contribution is 8.00. The number of hydrogen-bond acceptors (Lipinski definition) is 3. The van der Waals surface area contributed by atoms with Gasteiger partial charge in [0.05, 0.1) is 5.69 Å². The number of fused-ring (bicyclic) bond motifs is 1. The van der Waals surface area contributed by atoms with E-state index in [1.807, 2.05) is 34.9 Å². The fourth-order valence-electron chi connectivity index (χ4n) is 2.75. The molecule has 0 radical (unpaired) electrons. The molecule has 2 amide bonds. The van der Waals surface area contributed by atoms with Crippen LogP contribution in [0.1, 0.15) is 30.6 Å². The van der Waals surface area contributed by atoms with Crippen molar-refractivity contribution < 1.29 is 9.59 Å². The van der Waals surface area contributed by atoms with E-state index in [0.29, 0.717) is 23.0 Å². The van der Waals surface area contributed by atoms with Gasteiger partial charge in [-0.1, -0.05) is 19.1 Å². The van der Waals surface area contributed by atoms with Gasteiger partial charge in [-0.05, 0) is 42.8 Å². The van der Waals surface area contributed by atoms with Crippen molar-refractivity contribution >= 4 is 35.0 Å². The summed E-state index contributed by atoms with van der Waals surface area (Å²) in [5.41, 5.74) is 2.29. The second kappa shape index (κ2) is 7.09. The van der Waals surface area contributed by atoms with Crippen molar-refractivity contribution in [3.8, 4) is 0 Å². The smallest absolute Gasteiger partial charge is 0.258 e. The van der Waals surface area contributed by atoms with Gasteiger partial charge in [0.1, 0.15) is 0 Å². The number of thioether (sulfide) groups is 1. The van der Waals surface area contributed by atoms with E-state index in [0.717, 1.165) is 17.0 Å². The molecule has 0 aliphatic carbocycles. The summed E-state index contributed by atoms with van der Waals surface area (Å²) in [6.07, 6.45) is 0.953. The third-order valence-electron chi connectivity index (χ3n) is 3.94. The van der Waals surface area contributed by atoms with E-state index in [1.54, 1.807) is 24.3 Å². The number of anilines is 2. The Labute approximate surface area is 146 Å². The van der Waals surface area contributed by atoms with Gasteiger partial charge >= 0.3 is 0 Å². The zero-order valence-corrected chi connectivity index (χ0v) is 14.6. The van der Waals surface area contributed by atoms with Gasteiger partial charge in [0.25, 0.3) is 5.91 Å². The van der Waals surface area contributed by atoms with Crippen LogP contribution in [0.5, 0.6) is 0 Å². The number of rotatable bonds is 2. The second-order valence-corrected chi connectivity index (χ2v) is 7.38. The molecule has 2 aromatic rings. The number of para-hydroxylation sites is 1. The molecule has 1 aliphatic rings. The van der Waals surface area contributed by atoms with Crippen molar-refractivity contribution in [2.45, 2.75) is 30.4 Å². The minimum Gasteiger partial charge on any atom is -0.326 e. The van der Waals surface area contributed by atoms with Gasteiger partial charge in [0, 0.05) is 34.9 Å². The Morgan fingerprint density at radius 3 is 2.54 bits per heavy atom. The lowest BCUT2D eigenvalue weighted by atomic mass is 10.1. The van der Waals surface area contributed by atoms with E-state index < -0.39 is 0 Å². The number of carbonyl (C=O) groups is 2. The monoisotopic (exact) mass is 340 g/mol. The zero-order chi connectivity index (χ0) is 17.1. The second-order valence-electron chi connectivity index (χ2n) is 5.90. The maximum Gasteiger partial charge on any atom is 0.258 e. The average Bonchev–Trinajstić information content (AvgIpc) is 2.72. The number of nitrogens with one attached hydrogen (secondary N) is 1. The highest BCUT2D eigenvalue weighted by Crippen LogP contribution is 2.37. The SMILES string of the molecule is CC(=O)Nc1ccc(C(=O)N2CC[C@H](C)Sc3ccccc32)cc1. The van der Waals surface area contributed by atoms with Crippen LogP contribution in [0.15, 0.2) is 53.4 Å². The molecule has 24 heavy (non-hydrogen) atoms. The van der Waals surface area contributed by atoms with E-state index in [1.165, 1.54) is 6.92 Å². The first-order chi connectivity index (χ1) is 11.5. The lowest BCUT2D eigenvalue weighted by Gasteiger charge is -2.22. The molecule has 0 fully saturated rings. The summed E-state index contributed by atoms with van der Waals surface area (Å²) < 4.78 is 0. The minimum atomic E-state index is -0.124. The number of hydrogen-bond donors (Lipinski definition) is 1. The van der Waals surface area contributed by atoms with Crippen LogP contribution in [-0.4, -0.2) is 23.6 Å². The minimum absolute atomic E-state index is 0.00785. The van der Waals surface area contributed by atoms with Gasteiger partial charge in [-0.25, -0.2) is 0 Å². The molecule has 1 heterocycles. The van der Waals surface area contributed by atoms with Crippen LogP contribution >= 0.6 is 11.8 Å². The van der Waals surface area contributed by atoms with E-state index in [9.17, 15) is 9.59 Å². The fraction of sp³-hybridized carbons (Fsp3) is 0.263. The van der Waals surface area contributed by atoms with Crippen LogP contribution in [0.4, 0.5) is 11.4 Å². The Kier molecular flexibility index (Phi) is 4.90. The molecule has 0 aromatic heterocycles. The molecule has 124 valence electrons. The van der Waals surface area contributed by atoms with Crippen LogP contribution in [-0.2, 0) is 4.79 Å². The molecule has 3 rings (SSSR count). The van der Waals surface area contributed by atoms with Gasteiger partial charge in [0.15, 0.2) is 0 Å². The average molecular weight is 340 g/mol. The maximum atomic E-state index is 13.0. The van der Waals surface area contributed by atoms with Gasteiger partial charge in [0.2, 0.25) is 5.91 Å². The molecule has 1 aliphatic heterocycles. The van der Waals surface area contributed by atoms with Gasteiger partial charge in [-0.3, -0.25) is 9.59 Å². The van der Waals surface area contributed by atoms with E-state index in [-0.39, 0.29) is 11.8 Å². The summed E-state index contributed by atoms with van der Waals surface area (Å²) in [5.74, 6) is -0.131. The molecule has 2 aromatic carbocycles. The number of benzene rings is 2. The Morgan fingerprint density at radius 2 is 1.83 bits per heavy atom. The lowest BCUT2D eigenvalue weighted by Crippen LogP contribution is -2.32. The van der Waals surface area contributed by atoms with Crippen LogP contribution in [0, 0.1) is 0 Å². The number of nitrogens with zero attached hydrogens (tertiary/aromatic N) is 1. The lowest BCUT2D eigenvalue weighted by molar-refractivity contribution is -0.114. The summed E-state index contributed by atoms with van der Waals surface area (Å²) in [7, 11) is 0. The van der Waals surface area contributed by atoms with Gasteiger partial charge in [-0.2, -0.15) is 0 Å². The van der Waals surface area contributed by atoms with Gasteiger partial charge < -0.3 is 10.2 Å². The van der Waals surface area contributed by atoms with Crippen molar-refractivity contribution in [1.29, 1.82) is 0 Å². The maximum absolute atomic E-state index is 13.0. The first kappa shape index (κ1) is 16.6. The topological polar surface area (TPSA) is 49.4 Å². The largest absolute Gasteiger partial charge is 0.326 e. The molecule has 0 bridgehead atoms. The van der Waals surface area contributed by atoms with E-state index >= 15 is 0 Å². The molecule has 4 nitrogen and oxygen atoms in total. The molecule has 1 N–H and O–H groups in total. The first-order valence-corrected chi connectivity index (χ1v) is 8.88. The highest BCUT2D eigenvalue weighted by atomic mass is 32.2. The highest BCUT2D eigenvalue weighted by Gasteiger charge is 2.24. The standard InChI is InChI=1S/C19H20N2O2S/c1-13-11-12-21(17-5-3-4-6-18(17)24-13)19(23)15-7-9-16(10-8-15)20-14(2)22/h3-10,13H,11-12H2,1-2H3,(H,20,22)/t13-/m0/s1. The van der Waals surface area contributed by atoms with Crippen LogP contribution in [0.25, 0.3) is 0 Å². The molecular formula is C19H20N2O2S. The van der Waals surface area contributed by atoms with Crippen molar-refractivity contribution in [2.24, 2.45) is 0 Å². The molecule has 0 spiro atoms. The van der Waals surface area contributed by atoms with Crippen LogP contribution in [0.3, 0.4) is 0 Å². The molecule has 0 saturated carbocycles. The molecule has 0 saturated heterocycles. The predicted molar refractivity (Wildman–Crippen MR) is 98.8 cm³/mol. The third-order valence-corrected chi connectivity index (χ3v) is 5.18. The summed E-state index contributed by atoms with van der Waals surface area (Å²) in [6.45, 7) is 4.36. The van der Waals surface area contributed by atoms with Crippen molar-refractivity contribution in [3.63, 3.8) is 0 Å². The number of amides is 2. The van der Waals surface area contributed by atoms with Crippen LogP contribution in [0.2, 0.25) is 0 Å². The fourth-order valence-corrected chi connectivity index (χ4v) is 3.87. The van der Waals surface area contributed by atoms with E-state index in [2.05, 4.69) is 18.3 Å². The van der Waals surface area contributed by atoms with E-state index in [4.69, 9.17) is 0 Å². The molecule has 1 atom stereocenters. The van der Waals surface area contributed by atoms with Crippen molar-refractivity contribution in [2.75, 3.05) is 16.8 Å². The zero-order valence-electron chi connectivity index (χ0n) is 13.8. The molecule has 5 heteroatoms. The normalized spacial score (nSPS) is 16.9. The summed E-state index contributed by atoms with van der Waals surface area (Å²) >= 11 is 1.82. The third kappa shape index (κ3) is 3.62. The van der Waals surface area contributed by atoms with Crippen molar-refractivity contribution in [1.82, 2.24) is 0 Å². The summed E-state index contributed by atoms with van der Waals surface area (Å²) in [5, 5.41) is 3.19. The Morgan fingerprint density at radius 1 is 1.12 bits per heavy atom. The first-order valence-electron chi connectivity index (χ1n) is 8.00. The Hall–Kier alpha value is -2.27.